The molecule has 0 bridgehead atoms. The predicted octanol–water partition coefficient (Wildman–Crippen LogP) is 4.12. The lowest BCUT2D eigenvalue weighted by Crippen LogP contribution is -2.10. The lowest BCUT2D eigenvalue weighted by molar-refractivity contribution is 0.100. The molecule has 25 heavy (non-hydrogen) atoms. The summed E-state index contributed by atoms with van der Waals surface area (Å²) in [7, 11) is 0. The molecule has 0 radical (unpaired) electrons. The van der Waals surface area contributed by atoms with Crippen LogP contribution in [0.2, 0.25) is 0 Å². The number of nitrogens with zero attached hydrogens (tertiary/aromatic N) is 1. The van der Waals surface area contributed by atoms with Gasteiger partial charge in [-0.15, -0.1) is 0 Å². The van der Waals surface area contributed by atoms with Gasteiger partial charge >= 0.3 is 0 Å². The van der Waals surface area contributed by atoms with Crippen LogP contribution >= 0.6 is 0 Å². The highest BCUT2D eigenvalue weighted by atomic mass is 16.5. The van der Waals surface area contributed by atoms with Gasteiger partial charge < -0.3 is 10.5 Å². The highest BCUT2D eigenvalue weighted by Crippen LogP contribution is 2.21. The van der Waals surface area contributed by atoms with E-state index < -0.39 is 5.91 Å². The predicted molar refractivity (Wildman–Crippen MR) is 99.4 cm³/mol. The van der Waals surface area contributed by atoms with Crippen LogP contribution in [-0.4, -0.2) is 12.1 Å². The van der Waals surface area contributed by atoms with Gasteiger partial charge in [-0.25, -0.2) is 0 Å². The standard InChI is InChI=1S/C21H18N2O2/c22-21(24)18-11-5-6-12-19(18)23-14-17-10-4-7-13-20(17)25-15-16-8-2-1-3-9-16/h1-14H,15H2,(H2,22,24). The molecule has 1 amide bonds. The Morgan fingerprint density at radius 1 is 0.920 bits per heavy atom. The first-order valence-electron chi connectivity index (χ1n) is 7.93. The first-order chi connectivity index (χ1) is 12.2. The SMILES string of the molecule is NC(=O)c1ccccc1N=Cc1ccccc1OCc1ccccc1. The number of ether oxygens (including phenoxy) is 1. The molecule has 0 unspecified atom stereocenters. The number of para-hydroxylation sites is 2. The van der Waals surface area contributed by atoms with Gasteiger partial charge in [0.1, 0.15) is 12.4 Å². The average Bonchev–Trinajstić information content (AvgIpc) is 2.66. The van der Waals surface area contributed by atoms with Crippen LogP contribution in [0.1, 0.15) is 21.5 Å². The molecule has 0 aromatic heterocycles. The molecule has 0 saturated carbocycles. The van der Waals surface area contributed by atoms with Gasteiger partial charge in [-0.3, -0.25) is 9.79 Å². The Kier molecular flexibility index (Phi) is 5.22. The molecule has 0 atom stereocenters. The maximum absolute atomic E-state index is 11.5. The third kappa shape index (κ3) is 4.32. The zero-order valence-corrected chi connectivity index (χ0v) is 13.6. The van der Waals surface area contributed by atoms with Gasteiger partial charge in [0.2, 0.25) is 0 Å². The minimum Gasteiger partial charge on any atom is -0.488 e. The number of amides is 1. The van der Waals surface area contributed by atoms with Crippen molar-refractivity contribution >= 4 is 17.8 Å². The van der Waals surface area contributed by atoms with Crippen LogP contribution < -0.4 is 10.5 Å². The van der Waals surface area contributed by atoms with Crippen molar-refractivity contribution in [2.24, 2.45) is 10.7 Å². The van der Waals surface area contributed by atoms with Crippen LogP contribution in [0, 0.1) is 0 Å². The molecular formula is C21H18N2O2. The molecule has 2 N–H and O–H groups in total. The number of primary amides is 1. The summed E-state index contributed by atoms with van der Waals surface area (Å²) in [6, 6.07) is 24.6. The van der Waals surface area contributed by atoms with Crippen molar-refractivity contribution in [1.82, 2.24) is 0 Å². The van der Waals surface area contributed by atoms with Crippen LogP contribution in [0.25, 0.3) is 0 Å². The Hall–Kier alpha value is -3.40. The van der Waals surface area contributed by atoms with Crippen molar-refractivity contribution in [1.29, 1.82) is 0 Å². The highest BCUT2D eigenvalue weighted by molar-refractivity contribution is 5.99. The van der Waals surface area contributed by atoms with Gasteiger partial charge in [0.25, 0.3) is 5.91 Å². The number of hydrogen-bond acceptors (Lipinski definition) is 3. The van der Waals surface area contributed by atoms with Crippen LogP contribution in [-0.2, 0) is 6.61 Å². The fourth-order valence-corrected chi connectivity index (χ4v) is 2.39. The number of rotatable bonds is 6. The Balaban J connectivity index is 1.80. The molecule has 0 saturated heterocycles. The van der Waals surface area contributed by atoms with E-state index in [9.17, 15) is 4.79 Å². The Bertz CT molecular complexity index is 889. The number of nitrogens with two attached hydrogens (primary N) is 1. The van der Waals surface area contributed by atoms with Crippen molar-refractivity contribution in [3.05, 3.63) is 95.6 Å². The minimum absolute atomic E-state index is 0.390. The Labute approximate surface area is 146 Å². The van der Waals surface area contributed by atoms with Crippen LogP contribution in [0.5, 0.6) is 5.75 Å². The maximum atomic E-state index is 11.5. The summed E-state index contributed by atoms with van der Waals surface area (Å²) in [5.41, 5.74) is 8.24. The second kappa shape index (κ2) is 7.93. The minimum atomic E-state index is -0.499. The fraction of sp³-hybridized carbons (Fsp3) is 0.0476. The van der Waals surface area contributed by atoms with Crippen molar-refractivity contribution in [2.75, 3.05) is 0 Å². The molecule has 0 aliphatic carbocycles. The third-order valence-corrected chi connectivity index (χ3v) is 3.67. The molecular weight excluding hydrogens is 312 g/mol. The van der Waals surface area contributed by atoms with Gasteiger partial charge in [0.05, 0.1) is 11.3 Å². The number of benzene rings is 3. The zero-order valence-electron chi connectivity index (χ0n) is 13.6. The zero-order chi connectivity index (χ0) is 17.5. The van der Waals surface area contributed by atoms with Gasteiger partial charge in [-0.1, -0.05) is 54.6 Å². The summed E-state index contributed by atoms with van der Waals surface area (Å²) in [5, 5.41) is 0. The van der Waals surface area contributed by atoms with E-state index >= 15 is 0 Å². The van der Waals surface area contributed by atoms with Crippen molar-refractivity contribution in [3.63, 3.8) is 0 Å². The molecule has 0 fully saturated rings. The lowest BCUT2D eigenvalue weighted by atomic mass is 10.1. The van der Waals surface area contributed by atoms with E-state index in [1.807, 2.05) is 60.7 Å². The first kappa shape index (κ1) is 16.5. The molecule has 0 spiro atoms. The average molecular weight is 330 g/mol. The summed E-state index contributed by atoms with van der Waals surface area (Å²) >= 11 is 0. The second-order valence-electron chi connectivity index (χ2n) is 5.45. The third-order valence-electron chi connectivity index (χ3n) is 3.67. The molecule has 4 nitrogen and oxygen atoms in total. The van der Waals surface area contributed by atoms with Crippen LogP contribution in [0.4, 0.5) is 5.69 Å². The lowest BCUT2D eigenvalue weighted by Gasteiger charge is -2.09. The van der Waals surface area contributed by atoms with Crippen molar-refractivity contribution < 1.29 is 9.53 Å². The number of hydrogen-bond donors (Lipinski definition) is 1. The molecule has 3 aromatic rings. The number of carbonyl (C=O) groups is 1. The van der Waals surface area contributed by atoms with E-state index in [-0.39, 0.29) is 0 Å². The second-order valence-corrected chi connectivity index (χ2v) is 5.45. The van der Waals surface area contributed by atoms with E-state index in [1.54, 1.807) is 24.4 Å². The van der Waals surface area contributed by atoms with Crippen molar-refractivity contribution in [3.8, 4) is 5.75 Å². The van der Waals surface area contributed by atoms with E-state index in [1.165, 1.54) is 0 Å². The molecule has 4 heteroatoms. The molecule has 3 aromatic carbocycles. The Morgan fingerprint density at radius 2 is 1.60 bits per heavy atom. The van der Waals surface area contributed by atoms with E-state index in [2.05, 4.69) is 4.99 Å². The van der Waals surface area contributed by atoms with Gasteiger partial charge in [-0.05, 0) is 29.8 Å². The molecule has 0 aliphatic heterocycles. The summed E-state index contributed by atoms with van der Waals surface area (Å²) in [5.74, 6) is 0.230. The molecule has 0 heterocycles. The van der Waals surface area contributed by atoms with Gasteiger partial charge in [0.15, 0.2) is 0 Å². The van der Waals surface area contributed by atoms with E-state index in [0.29, 0.717) is 17.9 Å². The van der Waals surface area contributed by atoms with Crippen LogP contribution in [0.3, 0.4) is 0 Å². The summed E-state index contributed by atoms with van der Waals surface area (Å²) in [4.78, 5) is 15.9. The first-order valence-corrected chi connectivity index (χ1v) is 7.93. The van der Waals surface area contributed by atoms with Crippen molar-refractivity contribution in [2.45, 2.75) is 6.61 Å². The fourth-order valence-electron chi connectivity index (χ4n) is 2.39. The topological polar surface area (TPSA) is 64.7 Å². The maximum Gasteiger partial charge on any atom is 0.250 e. The van der Waals surface area contributed by atoms with E-state index in [4.69, 9.17) is 10.5 Å². The molecule has 124 valence electrons. The molecule has 0 aliphatic rings. The monoisotopic (exact) mass is 330 g/mol. The highest BCUT2D eigenvalue weighted by Gasteiger charge is 2.06. The molecule has 3 rings (SSSR count). The Morgan fingerprint density at radius 3 is 2.40 bits per heavy atom. The summed E-state index contributed by atoms with van der Waals surface area (Å²) in [6.45, 7) is 0.476. The van der Waals surface area contributed by atoms with E-state index in [0.717, 1.165) is 16.9 Å². The van der Waals surface area contributed by atoms with Gasteiger partial charge in [0, 0.05) is 11.8 Å². The number of aliphatic imine (C=N–C) groups is 1. The van der Waals surface area contributed by atoms with Gasteiger partial charge in [-0.2, -0.15) is 0 Å². The normalized spacial score (nSPS) is 10.7. The quantitative estimate of drug-likeness (QED) is 0.691. The largest absolute Gasteiger partial charge is 0.488 e. The summed E-state index contributed by atoms with van der Waals surface area (Å²) < 4.78 is 5.91. The van der Waals surface area contributed by atoms with Crippen LogP contribution in [0.15, 0.2) is 83.9 Å². The number of carbonyl (C=O) groups excluding carboxylic acids is 1. The smallest absolute Gasteiger partial charge is 0.250 e. The summed E-state index contributed by atoms with van der Waals surface area (Å²) in [6.07, 6.45) is 1.68.